The predicted octanol–water partition coefficient (Wildman–Crippen LogP) is 3.30. The van der Waals surface area contributed by atoms with Crippen LogP contribution in [0, 0.1) is 5.92 Å². The third kappa shape index (κ3) is 7.02. The zero-order valence-electron chi connectivity index (χ0n) is 17.0. The summed E-state index contributed by atoms with van der Waals surface area (Å²) in [5, 5.41) is 2.73. The van der Waals surface area contributed by atoms with Gasteiger partial charge < -0.3 is 20.7 Å². The molecule has 1 aliphatic rings. The number of carbonyl (C=O) groups is 2. The molecule has 1 aromatic rings. The molecule has 7 heteroatoms. The number of piperidine rings is 1. The predicted molar refractivity (Wildman–Crippen MR) is 108 cm³/mol. The van der Waals surface area contributed by atoms with E-state index in [9.17, 15) is 14.0 Å². The van der Waals surface area contributed by atoms with Gasteiger partial charge in [0, 0.05) is 25.2 Å². The second-order valence-corrected chi connectivity index (χ2v) is 8.39. The first-order chi connectivity index (χ1) is 13.2. The van der Waals surface area contributed by atoms with Gasteiger partial charge in [-0.2, -0.15) is 0 Å². The molecule has 3 N–H and O–H groups in total. The second kappa shape index (κ2) is 9.75. The number of alkyl halides is 1. The number of nitrogens with one attached hydrogen (secondary N) is 1. The van der Waals surface area contributed by atoms with Gasteiger partial charge in [-0.3, -0.25) is 9.18 Å². The van der Waals surface area contributed by atoms with E-state index in [1.54, 1.807) is 37.8 Å². The normalized spacial score (nSPS) is 16.5. The lowest BCUT2D eigenvalue weighted by Crippen LogP contribution is -2.52. The Morgan fingerprint density at radius 3 is 2.39 bits per heavy atom. The Labute approximate surface area is 166 Å². The highest BCUT2D eigenvalue weighted by Gasteiger charge is 2.30. The molecule has 0 aliphatic carbocycles. The van der Waals surface area contributed by atoms with Gasteiger partial charge in [-0.15, -0.1) is 0 Å². The molecule has 2 amide bonds. The van der Waals surface area contributed by atoms with E-state index in [1.165, 1.54) is 0 Å². The average Bonchev–Trinajstić information content (AvgIpc) is 2.62. The Hall–Kier alpha value is -2.31. The van der Waals surface area contributed by atoms with Gasteiger partial charge in [0.05, 0.1) is 6.67 Å². The highest BCUT2D eigenvalue weighted by atomic mass is 19.1. The first-order valence-corrected chi connectivity index (χ1v) is 9.86. The summed E-state index contributed by atoms with van der Waals surface area (Å²) >= 11 is 0. The van der Waals surface area contributed by atoms with Crippen molar-refractivity contribution >= 4 is 17.7 Å². The molecule has 28 heavy (non-hydrogen) atoms. The van der Waals surface area contributed by atoms with E-state index in [0.717, 1.165) is 18.4 Å². The number of nitrogen functional groups attached to an aromatic ring is 1. The van der Waals surface area contributed by atoms with Crippen molar-refractivity contribution in [3.05, 3.63) is 29.8 Å². The van der Waals surface area contributed by atoms with Crippen LogP contribution in [0.25, 0.3) is 0 Å². The van der Waals surface area contributed by atoms with Crippen molar-refractivity contribution in [1.82, 2.24) is 10.2 Å². The van der Waals surface area contributed by atoms with Crippen molar-refractivity contribution in [3.63, 3.8) is 0 Å². The van der Waals surface area contributed by atoms with Gasteiger partial charge in [0.2, 0.25) is 5.91 Å². The maximum Gasteiger partial charge on any atom is 0.408 e. The van der Waals surface area contributed by atoms with Crippen molar-refractivity contribution in [1.29, 1.82) is 0 Å². The lowest BCUT2D eigenvalue weighted by atomic mass is 9.93. The number of nitrogens with zero attached hydrogens (tertiary/aromatic N) is 1. The van der Waals surface area contributed by atoms with E-state index >= 15 is 0 Å². The van der Waals surface area contributed by atoms with Crippen molar-refractivity contribution in [3.8, 4) is 0 Å². The molecular formula is C21H32FN3O3. The molecule has 0 unspecified atom stereocenters. The van der Waals surface area contributed by atoms with Crippen molar-refractivity contribution < 1.29 is 18.7 Å². The molecular weight excluding hydrogens is 361 g/mol. The van der Waals surface area contributed by atoms with Gasteiger partial charge in [0.15, 0.2) is 0 Å². The number of anilines is 1. The molecule has 2 rings (SSSR count). The summed E-state index contributed by atoms with van der Waals surface area (Å²) in [7, 11) is 0. The summed E-state index contributed by atoms with van der Waals surface area (Å²) in [5.74, 6) is 0.185. The van der Waals surface area contributed by atoms with E-state index < -0.39 is 17.7 Å². The van der Waals surface area contributed by atoms with Gasteiger partial charge in [0.25, 0.3) is 0 Å². The van der Waals surface area contributed by atoms with Crippen LogP contribution in [0.2, 0.25) is 0 Å². The van der Waals surface area contributed by atoms with E-state index in [0.29, 0.717) is 37.5 Å². The van der Waals surface area contributed by atoms with Crippen LogP contribution >= 0.6 is 0 Å². The molecule has 1 fully saturated rings. The molecule has 0 bridgehead atoms. The van der Waals surface area contributed by atoms with Crippen molar-refractivity contribution in [2.24, 2.45) is 5.92 Å². The molecule has 0 spiro atoms. The zero-order chi connectivity index (χ0) is 20.7. The lowest BCUT2D eigenvalue weighted by molar-refractivity contribution is -0.134. The van der Waals surface area contributed by atoms with Crippen LogP contribution in [0.5, 0.6) is 0 Å². The summed E-state index contributed by atoms with van der Waals surface area (Å²) in [4.78, 5) is 27.1. The summed E-state index contributed by atoms with van der Waals surface area (Å²) in [6, 6.07) is 6.51. The highest BCUT2D eigenvalue weighted by molar-refractivity contribution is 5.86. The number of rotatable bonds is 6. The maximum absolute atomic E-state index is 13.1. The SMILES string of the molecule is CC(C)(C)OC(=O)N[C@@H](Cc1ccc(N)cc1)C(=O)N1CCC(CCF)CC1. The van der Waals surface area contributed by atoms with Crippen LogP contribution in [0.15, 0.2) is 24.3 Å². The minimum atomic E-state index is -0.726. The third-order valence-corrected chi connectivity index (χ3v) is 4.85. The molecule has 1 heterocycles. The van der Waals surface area contributed by atoms with E-state index in [-0.39, 0.29) is 12.6 Å². The van der Waals surface area contributed by atoms with Crippen LogP contribution in [0.1, 0.15) is 45.6 Å². The van der Waals surface area contributed by atoms with Gasteiger partial charge in [-0.25, -0.2) is 4.79 Å². The monoisotopic (exact) mass is 393 g/mol. The number of halogens is 1. The van der Waals surface area contributed by atoms with E-state index in [2.05, 4.69) is 5.32 Å². The number of likely N-dealkylation sites (tertiary alicyclic amines) is 1. The Bertz CT molecular complexity index is 650. The zero-order valence-corrected chi connectivity index (χ0v) is 17.0. The molecule has 1 saturated heterocycles. The minimum Gasteiger partial charge on any atom is -0.444 e. The quantitative estimate of drug-likeness (QED) is 0.726. The number of carbonyl (C=O) groups excluding carboxylic acids is 2. The first kappa shape index (κ1) is 22.0. The lowest BCUT2D eigenvalue weighted by Gasteiger charge is -2.34. The number of amides is 2. The molecule has 1 aromatic carbocycles. The number of hydrogen-bond acceptors (Lipinski definition) is 4. The number of ether oxygens (including phenoxy) is 1. The van der Waals surface area contributed by atoms with Crippen LogP contribution < -0.4 is 11.1 Å². The fraction of sp³-hybridized carbons (Fsp3) is 0.619. The van der Waals surface area contributed by atoms with Gasteiger partial charge in [0.1, 0.15) is 11.6 Å². The van der Waals surface area contributed by atoms with Crippen LogP contribution in [-0.4, -0.2) is 48.3 Å². The van der Waals surface area contributed by atoms with E-state index in [4.69, 9.17) is 10.5 Å². The fourth-order valence-corrected chi connectivity index (χ4v) is 3.36. The molecule has 1 aliphatic heterocycles. The number of benzene rings is 1. The van der Waals surface area contributed by atoms with Gasteiger partial charge >= 0.3 is 6.09 Å². The highest BCUT2D eigenvalue weighted by Crippen LogP contribution is 2.22. The molecule has 6 nitrogen and oxygen atoms in total. The largest absolute Gasteiger partial charge is 0.444 e. The average molecular weight is 394 g/mol. The Balaban J connectivity index is 2.07. The first-order valence-electron chi connectivity index (χ1n) is 9.86. The maximum atomic E-state index is 13.1. The number of alkyl carbamates (subject to hydrolysis) is 1. The smallest absolute Gasteiger partial charge is 0.408 e. The molecule has 0 radical (unpaired) electrons. The number of nitrogens with two attached hydrogens (primary N) is 1. The van der Waals surface area contributed by atoms with Crippen molar-refractivity contribution in [2.75, 3.05) is 25.5 Å². The standard InChI is InChI=1S/C21H32FN3O3/c1-21(2,3)28-20(27)24-18(14-16-4-6-17(23)7-5-16)19(26)25-12-9-15(8-11-22)10-13-25/h4-7,15,18H,8-14,23H2,1-3H3,(H,24,27)/t18-/m0/s1. The molecule has 0 saturated carbocycles. The Morgan fingerprint density at radius 2 is 1.86 bits per heavy atom. The topological polar surface area (TPSA) is 84.7 Å². The summed E-state index contributed by atoms with van der Waals surface area (Å²) in [6.07, 6.45) is 1.86. The van der Waals surface area contributed by atoms with Crippen LogP contribution in [-0.2, 0) is 16.0 Å². The number of hydrogen-bond donors (Lipinski definition) is 2. The fourth-order valence-electron chi connectivity index (χ4n) is 3.36. The molecule has 0 aromatic heterocycles. The van der Waals surface area contributed by atoms with Crippen LogP contribution in [0.4, 0.5) is 14.9 Å². The minimum absolute atomic E-state index is 0.138. The van der Waals surface area contributed by atoms with Crippen LogP contribution in [0.3, 0.4) is 0 Å². The van der Waals surface area contributed by atoms with Gasteiger partial charge in [-0.05, 0) is 63.6 Å². The molecule has 156 valence electrons. The van der Waals surface area contributed by atoms with Gasteiger partial charge in [-0.1, -0.05) is 12.1 Å². The van der Waals surface area contributed by atoms with Crippen molar-refractivity contribution in [2.45, 2.75) is 58.1 Å². The Kier molecular flexibility index (Phi) is 7.66. The summed E-state index contributed by atoms with van der Waals surface area (Å²) < 4.78 is 17.9. The van der Waals surface area contributed by atoms with E-state index in [1.807, 2.05) is 12.1 Å². The molecule has 1 atom stereocenters. The summed E-state index contributed by atoms with van der Waals surface area (Å²) in [6.45, 7) is 6.17. The Morgan fingerprint density at radius 1 is 1.25 bits per heavy atom. The summed E-state index contributed by atoms with van der Waals surface area (Å²) in [5.41, 5.74) is 6.62. The second-order valence-electron chi connectivity index (χ2n) is 8.39. The third-order valence-electron chi connectivity index (χ3n) is 4.85.